The van der Waals surface area contributed by atoms with E-state index in [0.29, 0.717) is 24.6 Å². The van der Waals surface area contributed by atoms with Crippen LogP contribution in [0.1, 0.15) is 5.82 Å². The first kappa shape index (κ1) is 11.0. The van der Waals surface area contributed by atoms with Gasteiger partial charge in [0.2, 0.25) is 5.82 Å². The zero-order valence-corrected chi connectivity index (χ0v) is 8.93. The van der Waals surface area contributed by atoms with Crippen LogP contribution in [0.4, 0.5) is 0 Å². The predicted octanol–water partition coefficient (Wildman–Crippen LogP) is 1.79. The lowest BCUT2D eigenvalue weighted by atomic mass is 10.2. The van der Waals surface area contributed by atoms with E-state index in [1.807, 2.05) is 30.3 Å². The summed E-state index contributed by atoms with van der Waals surface area (Å²) in [6.45, 7) is 0.310. The molecule has 1 aromatic carbocycles. The van der Waals surface area contributed by atoms with Gasteiger partial charge >= 0.3 is 0 Å². The summed E-state index contributed by atoms with van der Waals surface area (Å²) >= 11 is 0. The molecule has 7 nitrogen and oxygen atoms in total. The van der Waals surface area contributed by atoms with E-state index in [9.17, 15) is 0 Å². The Balaban J connectivity index is 2.10. The first-order chi connectivity index (χ1) is 8.40. The van der Waals surface area contributed by atoms with Gasteiger partial charge in [-0.3, -0.25) is 0 Å². The zero-order valence-electron chi connectivity index (χ0n) is 8.93. The Hall–Kier alpha value is -2.53. The van der Waals surface area contributed by atoms with E-state index in [-0.39, 0.29) is 0 Å². The quantitative estimate of drug-likeness (QED) is 0.451. The maximum Gasteiger partial charge on any atom is 0.203 e. The van der Waals surface area contributed by atoms with Crippen molar-refractivity contribution in [1.82, 2.24) is 20.4 Å². The van der Waals surface area contributed by atoms with Crippen molar-refractivity contribution in [2.75, 3.05) is 6.54 Å². The molecule has 2 aromatic rings. The molecule has 0 radical (unpaired) electrons. The van der Waals surface area contributed by atoms with Crippen molar-refractivity contribution in [3.63, 3.8) is 0 Å². The van der Waals surface area contributed by atoms with E-state index >= 15 is 0 Å². The van der Waals surface area contributed by atoms with Crippen LogP contribution in [0.5, 0.6) is 0 Å². The van der Waals surface area contributed by atoms with Gasteiger partial charge in [-0.05, 0) is 5.53 Å². The van der Waals surface area contributed by atoms with E-state index in [2.05, 4.69) is 30.4 Å². The Kier molecular flexibility index (Phi) is 3.57. The molecule has 0 spiro atoms. The zero-order chi connectivity index (χ0) is 11.9. The standard InChI is InChI=1S/C10H9N7/c11-17-12-7-6-9-13-15-10(16-14-9)8-4-2-1-3-5-8/h1-5H,6-7H2. The number of nitrogens with zero attached hydrogens (tertiary/aromatic N) is 7. The molecule has 0 unspecified atom stereocenters. The van der Waals surface area contributed by atoms with Gasteiger partial charge in [0.05, 0.1) is 0 Å². The molecule has 0 aliphatic heterocycles. The third-order valence-electron chi connectivity index (χ3n) is 2.05. The van der Waals surface area contributed by atoms with Crippen molar-refractivity contribution < 1.29 is 0 Å². The minimum atomic E-state index is 0.310. The van der Waals surface area contributed by atoms with Gasteiger partial charge < -0.3 is 0 Å². The first-order valence-corrected chi connectivity index (χ1v) is 5.02. The van der Waals surface area contributed by atoms with Crippen molar-refractivity contribution in [1.29, 1.82) is 0 Å². The van der Waals surface area contributed by atoms with Crippen molar-refractivity contribution >= 4 is 0 Å². The molecule has 0 saturated carbocycles. The monoisotopic (exact) mass is 227 g/mol. The lowest BCUT2D eigenvalue weighted by Gasteiger charge is -1.98. The van der Waals surface area contributed by atoms with Crippen LogP contribution in [0.3, 0.4) is 0 Å². The van der Waals surface area contributed by atoms with Crippen LogP contribution in [-0.4, -0.2) is 26.9 Å². The summed E-state index contributed by atoms with van der Waals surface area (Å²) in [5.41, 5.74) is 8.99. The van der Waals surface area contributed by atoms with Crippen LogP contribution in [-0.2, 0) is 6.42 Å². The summed E-state index contributed by atoms with van der Waals surface area (Å²) in [4.78, 5) is 2.64. The van der Waals surface area contributed by atoms with Crippen LogP contribution in [0.15, 0.2) is 35.4 Å². The number of rotatable bonds is 4. The summed E-state index contributed by atoms with van der Waals surface area (Å²) in [7, 11) is 0. The van der Waals surface area contributed by atoms with Crippen LogP contribution in [0, 0.1) is 0 Å². The van der Waals surface area contributed by atoms with Gasteiger partial charge in [-0.25, -0.2) is 0 Å². The lowest BCUT2D eigenvalue weighted by molar-refractivity contribution is 0.751. The SMILES string of the molecule is [N-]=[N+]=NCCc1nnc(-c2ccccc2)nn1. The fourth-order valence-corrected chi connectivity index (χ4v) is 1.25. The first-order valence-electron chi connectivity index (χ1n) is 5.02. The second-order valence-corrected chi connectivity index (χ2v) is 3.21. The topological polar surface area (TPSA) is 100 Å². The molecular formula is C10H9N7. The fraction of sp³-hybridized carbons (Fsp3) is 0.200. The Bertz CT molecular complexity index is 516. The van der Waals surface area contributed by atoms with Gasteiger partial charge in [0, 0.05) is 23.4 Å². The highest BCUT2D eigenvalue weighted by molar-refractivity contribution is 5.52. The molecule has 0 atom stereocenters. The maximum atomic E-state index is 8.12. The second kappa shape index (κ2) is 5.53. The number of benzene rings is 1. The average Bonchev–Trinajstić information content (AvgIpc) is 2.41. The van der Waals surface area contributed by atoms with E-state index in [4.69, 9.17) is 5.53 Å². The molecule has 0 N–H and O–H groups in total. The van der Waals surface area contributed by atoms with Crippen molar-refractivity contribution in [3.8, 4) is 11.4 Å². The predicted molar refractivity (Wildman–Crippen MR) is 60.8 cm³/mol. The molecule has 1 aromatic heterocycles. The normalized spacial score (nSPS) is 9.65. The van der Waals surface area contributed by atoms with E-state index in [0.717, 1.165) is 5.56 Å². The molecule has 0 saturated heterocycles. The molecule has 2 rings (SSSR count). The highest BCUT2D eigenvalue weighted by atomic mass is 15.3. The van der Waals surface area contributed by atoms with Crippen molar-refractivity contribution in [2.24, 2.45) is 5.11 Å². The maximum absolute atomic E-state index is 8.12. The highest BCUT2D eigenvalue weighted by Crippen LogP contribution is 2.10. The summed E-state index contributed by atoms with van der Waals surface area (Å²) in [5, 5.41) is 19.2. The summed E-state index contributed by atoms with van der Waals surface area (Å²) in [6.07, 6.45) is 0.444. The number of aromatic nitrogens is 4. The molecule has 0 aliphatic rings. The Morgan fingerprint density at radius 2 is 1.76 bits per heavy atom. The minimum absolute atomic E-state index is 0.310. The molecule has 0 amide bonds. The Morgan fingerprint density at radius 1 is 1.06 bits per heavy atom. The van der Waals surface area contributed by atoms with Crippen molar-refractivity contribution in [3.05, 3.63) is 46.6 Å². The van der Waals surface area contributed by atoms with E-state index < -0.39 is 0 Å². The summed E-state index contributed by atoms with van der Waals surface area (Å²) < 4.78 is 0. The summed E-state index contributed by atoms with van der Waals surface area (Å²) in [5.74, 6) is 0.954. The molecule has 1 heterocycles. The van der Waals surface area contributed by atoms with Crippen LogP contribution >= 0.6 is 0 Å². The van der Waals surface area contributed by atoms with Gasteiger partial charge in [-0.1, -0.05) is 35.4 Å². The van der Waals surface area contributed by atoms with Crippen LogP contribution in [0.2, 0.25) is 0 Å². The molecule has 84 valence electrons. The second-order valence-electron chi connectivity index (χ2n) is 3.21. The lowest BCUT2D eigenvalue weighted by Crippen LogP contribution is -2.03. The van der Waals surface area contributed by atoms with Gasteiger partial charge in [0.15, 0.2) is 5.82 Å². The van der Waals surface area contributed by atoms with Gasteiger partial charge in [0.1, 0.15) is 0 Å². The summed E-state index contributed by atoms with van der Waals surface area (Å²) in [6, 6.07) is 9.48. The third kappa shape index (κ3) is 2.96. The Morgan fingerprint density at radius 3 is 2.41 bits per heavy atom. The third-order valence-corrected chi connectivity index (χ3v) is 2.05. The van der Waals surface area contributed by atoms with Gasteiger partial charge in [-0.2, -0.15) is 0 Å². The van der Waals surface area contributed by atoms with Crippen LogP contribution < -0.4 is 0 Å². The molecule has 0 bridgehead atoms. The van der Waals surface area contributed by atoms with E-state index in [1.54, 1.807) is 0 Å². The number of azide groups is 1. The minimum Gasteiger partial charge on any atom is -0.131 e. The fourth-order valence-electron chi connectivity index (χ4n) is 1.25. The smallest absolute Gasteiger partial charge is 0.131 e. The molecule has 0 fully saturated rings. The van der Waals surface area contributed by atoms with Gasteiger partial charge in [-0.15, -0.1) is 20.4 Å². The number of hydrogen-bond donors (Lipinski definition) is 0. The van der Waals surface area contributed by atoms with E-state index in [1.165, 1.54) is 0 Å². The largest absolute Gasteiger partial charge is 0.203 e. The van der Waals surface area contributed by atoms with Crippen LogP contribution in [0.25, 0.3) is 21.8 Å². The molecule has 7 heteroatoms. The van der Waals surface area contributed by atoms with Crippen molar-refractivity contribution in [2.45, 2.75) is 6.42 Å². The highest BCUT2D eigenvalue weighted by Gasteiger charge is 2.02. The number of hydrogen-bond acceptors (Lipinski definition) is 5. The average molecular weight is 227 g/mol. The molecule has 17 heavy (non-hydrogen) atoms. The van der Waals surface area contributed by atoms with Gasteiger partial charge in [0.25, 0.3) is 0 Å². The molecular weight excluding hydrogens is 218 g/mol. The molecule has 0 aliphatic carbocycles. The Labute approximate surface area is 97.2 Å².